The number of hydrogen-bond donors (Lipinski definition) is 1. The number of nitrogens with zero attached hydrogens (tertiary/aromatic N) is 3. The summed E-state index contributed by atoms with van der Waals surface area (Å²) in [5.41, 5.74) is -1.45. The Morgan fingerprint density at radius 1 is 0.872 bits per heavy atom. The third-order valence-corrected chi connectivity index (χ3v) is 8.80. The normalized spacial score (nSPS) is 31.8. The summed E-state index contributed by atoms with van der Waals surface area (Å²) in [5.74, 6) is -1.98. The second-order valence-electron chi connectivity index (χ2n) is 11.4. The molecule has 0 aromatic heterocycles. The fourth-order valence-electron chi connectivity index (χ4n) is 6.95. The van der Waals surface area contributed by atoms with Crippen molar-refractivity contribution in [2.75, 3.05) is 37.7 Å². The van der Waals surface area contributed by atoms with Crippen LogP contribution in [-0.4, -0.2) is 82.7 Å². The van der Waals surface area contributed by atoms with Gasteiger partial charge in [-0.15, -0.1) is 0 Å². The number of aliphatic hydroxyl groups excluding tert-OH is 1. The quantitative estimate of drug-likeness (QED) is 0.367. The number of ether oxygens (including phenoxy) is 1. The Bertz CT molecular complexity index is 1140. The van der Waals surface area contributed by atoms with Crippen LogP contribution in [0.25, 0.3) is 0 Å². The molecule has 2 saturated heterocycles. The molecule has 39 heavy (non-hydrogen) atoms. The average molecular weight is 536 g/mol. The van der Waals surface area contributed by atoms with Gasteiger partial charge in [-0.1, -0.05) is 68.7 Å². The molecule has 1 unspecified atom stereocenters. The summed E-state index contributed by atoms with van der Waals surface area (Å²) in [6, 6.07) is 8.71. The van der Waals surface area contributed by atoms with Crippen LogP contribution in [-0.2, 0) is 19.1 Å². The lowest BCUT2D eigenvalue weighted by Crippen LogP contribution is -2.56. The van der Waals surface area contributed by atoms with Crippen LogP contribution >= 0.6 is 0 Å². The van der Waals surface area contributed by atoms with Gasteiger partial charge < -0.3 is 24.5 Å². The summed E-state index contributed by atoms with van der Waals surface area (Å²) < 4.78 is 6.89. The molecule has 8 nitrogen and oxygen atoms in total. The maximum absolute atomic E-state index is 14.4. The molecular weight excluding hydrogens is 494 g/mol. The van der Waals surface area contributed by atoms with E-state index in [1.165, 1.54) is 0 Å². The monoisotopic (exact) mass is 535 g/mol. The molecule has 1 aromatic rings. The summed E-state index contributed by atoms with van der Waals surface area (Å²) in [6.45, 7) is 6.03. The highest BCUT2D eigenvalue weighted by Crippen LogP contribution is 2.57. The molecule has 2 fully saturated rings. The molecular formula is C31H41N3O5. The summed E-state index contributed by atoms with van der Waals surface area (Å²) in [4.78, 5) is 48.1. The minimum Gasteiger partial charge on any atom is -0.396 e. The fourth-order valence-corrected chi connectivity index (χ4v) is 6.95. The van der Waals surface area contributed by atoms with E-state index in [9.17, 15) is 14.4 Å². The van der Waals surface area contributed by atoms with Crippen molar-refractivity contribution in [3.8, 4) is 0 Å². The van der Waals surface area contributed by atoms with E-state index < -0.39 is 29.1 Å². The Hall–Kier alpha value is -2.97. The molecule has 0 aliphatic carbocycles. The number of fused-ring (bicyclic) bond motifs is 2. The number of likely N-dealkylation sites (tertiary alicyclic amines) is 1. The van der Waals surface area contributed by atoms with Gasteiger partial charge >= 0.3 is 0 Å². The first-order chi connectivity index (χ1) is 18.9. The molecule has 0 saturated carbocycles. The molecule has 0 bridgehead atoms. The Labute approximate surface area is 231 Å². The summed E-state index contributed by atoms with van der Waals surface area (Å²) >= 11 is 0. The van der Waals surface area contributed by atoms with E-state index in [-0.39, 0.29) is 24.3 Å². The minimum atomic E-state index is -1.21. The zero-order valence-corrected chi connectivity index (χ0v) is 23.1. The first-order valence-electron chi connectivity index (χ1n) is 14.5. The predicted molar refractivity (Wildman–Crippen MR) is 149 cm³/mol. The van der Waals surface area contributed by atoms with Gasteiger partial charge in [-0.05, 0) is 38.3 Å². The number of anilines is 1. The van der Waals surface area contributed by atoms with E-state index in [0.717, 1.165) is 44.2 Å². The zero-order valence-electron chi connectivity index (χ0n) is 23.1. The van der Waals surface area contributed by atoms with Crippen molar-refractivity contribution in [1.82, 2.24) is 9.80 Å². The van der Waals surface area contributed by atoms with Crippen molar-refractivity contribution in [2.24, 2.45) is 11.8 Å². The van der Waals surface area contributed by atoms with E-state index in [0.29, 0.717) is 26.2 Å². The largest absolute Gasteiger partial charge is 0.396 e. The van der Waals surface area contributed by atoms with Gasteiger partial charge in [0, 0.05) is 38.5 Å². The molecule has 4 heterocycles. The van der Waals surface area contributed by atoms with E-state index >= 15 is 0 Å². The lowest BCUT2D eigenvalue weighted by atomic mass is 9.74. The van der Waals surface area contributed by atoms with Crippen LogP contribution in [0.4, 0.5) is 5.69 Å². The standard InChI is InChI=1S/C31H41N3O5/c1-3-4-18-32-19-13-17-31-25(28(37)34(26(31)29(32)38)20-10-5-6-11-22-35)24-27(36)33(23-14-8-7-9-15-23)21-12-16-30(24,2)39-31/h7-9,12-17,24-26,35H,3-6,10-11,18-22H2,1-2H3/t24-,25-,26?,30+,31-/m0/s1. The van der Waals surface area contributed by atoms with Crippen molar-refractivity contribution in [3.63, 3.8) is 0 Å². The highest BCUT2D eigenvalue weighted by Gasteiger charge is 2.74. The van der Waals surface area contributed by atoms with Crippen LogP contribution in [0, 0.1) is 11.8 Å². The zero-order chi connectivity index (χ0) is 27.6. The van der Waals surface area contributed by atoms with Crippen molar-refractivity contribution >= 4 is 23.4 Å². The molecule has 1 spiro atoms. The SMILES string of the molecule is CCCCN1CC=C[C@]23O[C@]4(C)C=CCN(c5ccccc5)C(=O)[C@@H]4[C@H]2C(=O)N(CCCCCCO)C3C1=O. The fraction of sp³-hybridized carbons (Fsp3) is 0.581. The summed E-state index contributed by atoms with van der Waals surface area (Å²) in [6.07, 6.45) is 12.7. The van der Waals surface area contributed by atoms with Crippen LogP contribution in [0.3, 0.4) is 0 Å². The molecule has 8 heteroatoms. The lowest BCUT2D eigenvalue weighted by Gasteiger charge is -2.37. The maximum Gasteiger partial charge on any atom is 0.249 e. The van der Waals surface area contributed by atoms with E-state index in [2.05, 4.69) is 6.92 Å². The first-order valence-corrected chi connectivity index (χ1v) is 14.5. The molecule has 5 rings (SSSR count). The molecule has 0 radical (unpaired) electrons. The molecule has 210 valence electrons. The van der Waals surface area contributed by atoms with Crippen LogP contribution in [0.1, 0.15) is 52.4 Å². The number of rotatable bonds is 10. The topological polar surface area (TPSA) is 90.4 Å². The van der Waals surface area contributed by atoms with Gasteiger partial charge in [0.15, 0.2) is 0 Å². The number of unbranched alkanes of at least 4 members (excludes halogenated alkanes) is 4. The number of carbonyl (C=O) groups excluding carboxylic acids is 3. The molecule has 4 aliphatic rings. The number of para-hydroxylation sites is 1. The molecule has 3 amide bonds. The second kappa shape index (κ2) is 11.3. The Kier molecular flexibility index (Phi) is 7.96. The van der Waals surface area contributed by atoms with Crippen LogP contribution < -0.4 is 4.90 Å². The first kappa shape index (κ1) is 27.6. The van der Waals surface area contributed by atoms with Gasteiger partial charge in [0.05, 0.1) is 17.4 Å². The molecule has 4 aliphatic heterocycles. The van der Waals surface area contributed by atoms with E-state index in [1.54, 1.807) is 9.80 Å². The summed E-state index contributed by atoms with van der Waals surface area (Å²) in [7, 11) is 0. The van der Waals surface area contributed by atoms with E-state index in [1.807, 2.05) is 66.5 Å². The van der Waals surface area contributed by atoms with Gasteiger partial charge in [0.1, 0.15) is 11.6 Å². The number of amides is 3. The van der Waals surface area contributed by atoms with Crippen LogP contribution in [0.15, 0.2) is 54.6 Å². The van der Waals surface area contributed by atoms with Crippen LogP contribution in [0.2, 0.25) is 0 Å². The number of hydrogen-bond acceptors (Lipinski definition) is 5. The second-order valence-corrected chi connectivity index (χ2v) is 11.4. The molecule has 1 aromatic carbocycles. The molecule has 1 N–H and O–H groups in total. The third-order valence-electron chi connectivity index (χ3n) is 8.80. The third kappa shape index (κ3) is 4.72. The average Bonchev–Trinajstić information content (AvgIpc) is 3.19. The van der Waals surface area contributed by atoms with Gasteiger partial charge in [0.2, 0.25) is 17.7 Å². The minimum absolute atomic E-state index is 0.101. The summed E-state index contributed by atoms with van der Waals surface area (Å²) in [5, 5.41) is 9.15. The number of carbonyl (C=O) groups is 3. The van der Waals surface area contributed by atoms with Crippen molar-refractivity contribution in [2.45, 2.75) is 69.6 Å². The van der Waals surface area contributed by atoms with Crippen molar-refractivity contribution in [3.05, 3.63) is 54.6 Å². The van der Waals surface area contributed by atoms with Crippen molar-refractivity contribution in [1.29, 1.82) is 0 Å². The van der Waals surface area contributed by atoms with Gasteiger partial charge in [-0.25, -0.2) is 0 Å². The predicted octanol–water partition coefficient (Wildman–Crippen LogP) is 3.31. The van der Waals surface area contributed by atoms with Crippen molar-refractivity contribution < 1.29 is 24.2 Å². The highest BCUT2D eigenvalue weighted by molar-refractivity contribution is 6.04. The Morgan fingerprint density at radius 3 is 2.36 bits per heavy atom. The van der Waals surface area contributed by atoms with Gasteiger partial charge in [-0.2, -0.15) is 0 Å². The van der Waals surface area contributed by atoms with Crippen LogP contribution in [0.5, 0.6) is 0 Å². The Morgan fingerprint density at radius 2 is 1.62 bits per heavy atom. The van der Waals surface area contributed by atoms with Gasteiger partial charge in [0.25, 0.3) is 0 Å². The lowest BCUT2D eigenvalue weighted by molar-refractivity contribution is -0.150. The number of aliphatic hydroxyl groups is 1. The molecule has 5 atom stereocenters. The highest BCUT2D eigenvalue weighted by atomic mass is 16.5. The Balaban J connectivity index is 1.54. The smallest absolute Gasteiger partial charge is 0.249 e. The van der Waals surface area contributed by atoms with E-state index in [4.69, 9.17) is 9.84 Å². The van der Waals surface area contributed by atoms with Gasteiger partial charge in [-0.3, -0.25) is 14.4 Å². The maximum atomic E-state index is 14.4. The number of benzene rings is 1.